The summed E-state index contributed by atoms with van der Waals surface area (Å²) in [5.74, 6) is 0.855. The number of amides is 1. The predicted molar refractivity (Wildman–Crippen MR) is 92.2 cm³/mol. The summed E-state index contributed by atoms with van der Waals surface area (Å²) in [6.45, 7) is 7.14. The van der Waals surface area contributed by atoms with E-state index in [0.717, 1.165) is 48.6 Å². The van der Waals surface area contributed by atoms with Crippen LogP contribution in [0.3, 0.4) is 0 Å². The Morgan fingerprint density at radius 1 is 1.50 bits per heavy atom. The van der Waals surface area contributed by atoms with Crippen LogP contribution in [0.2, 0.25) is 0 Å². The number of nitrogens with zero attached hydrogens (tertiary/aromatic N) is 2. The van der Waals surface area contributed by atoms with Crippen LogP contribution in [0.4, 0.5) is 0 Å². The highest BCUT2D eigenvalue weighted by molar-refractivity contribution is 7.10. The van der Waals surface area contributed by atoms with E-state index in [0.29, 0.717) is 13.0 Å². The van der Waals surface area contributed by atoms with Gasteiger partial charge in [-0.15, -0.1) is 11.3 Å². The summed E-state index contributed by atoms with van der Waals surface area (Å²) >= 11 is 1.65. The Kier molecular flexibility index (Phi) is 5.33. The molecule has 0 saturated heterocycles. The van der Waals surface area contributed by atoms with Gasteiger partial charge in [-0.2, -0.15) is 0 Å². The summed E-state index contributed by atoms with van der Waals surface area (Å²) in [6, 6.07) is 0. The van der Waals surface area contributed by atoms with Crippen molar-refractivity contribution in [2.75, 3.05) is 19.7 Å². The molecule has 0 bridgehead atoms. The van der Waals surface area contributed by atoms with Gasteiger partial charge in [0.05, 0.1) is 11.3 Å². The topological polar surface area (TPSA) is 78.6 Å². The lowest BCUT2D eigenvalue weighted by Crippen LogP contribution is -2.31. The molecule has 24 heavy (non-hydrogen) atoms. The number of fused-ring (bicyclic) bond motifs is 1. The lowest BCUT2D eigenvalue weighted by atomic mass is 10.0. The quantitative estimate of drug-likeness (QED) is 0.780. The van der Waals surface area contributed by atoms with Gasteiger partial charge < -0.3 is 14.9 Å². The van der Waals surface area contributed by atoms with Crippen molar-refractivity contribution in [2.45, 2.75) is 39.8 Å². The fourth-order valence-corrected chi connectivity index (χ4v) is 4.16. The molecule has 1 aliphatic heterocycles. The second-order valence-electron chi connectivity index (χ2n) is 6.15. The lowest BCUT2D eigenvalue weighted by Gasteiger charge is -2.27. The van der Waals surface area contributed by atoms with Gasteiger partial charge in [-0.05, 0) is 32.3 Å². The number of aromatic nitrogens is 1. The average molecular weight is 349 g/mol. The summed E-state index contributed by atoms with van der Waals surface area (Å²) in [5, 5.41) is 17.7. The number of rotatable bonds is 6. The van der Waals surface area contributed by atoms with E-state index in [-0.39, 0.29) is 12.5 Å². The molecule has 6 nitrogen and oxygen atoms in total. The van der Waals surface area contributed by atoms with Crippen molar-refractivity contribution in [2.24, 2.45) is 0 Å². The van der Waals surface area contributed by atoms with Crippen LogP contribution in [0.15, 0.2) is 9.90 Å². The first-order valence-electron chi connectivity index (χ1n) is 8.22. The van der Waals surface area contributed by atoms with E-state index in [4.69, 9.17) is 9.63 Å². The first kappa shape index (κ1) is 17.1. The van der Waals surface area contributed by atoms with Crippen molar-refractivity contribution < 1.29 is 14.4 Å². The molecule has 0 aliphatic carbocycles. The third-order valence-corrected chi connectivity index (χ3v) is 5.47. The van der Waals surface area contributed by atoms with Gasteiger partial charge in [-0.3, -0.25) is 9.69 Å². The fraction of sp³-hybridized carbons (Fsp3) is 0.529. The van der Waals surface area contributed by atoms with Crippen LogP contribution in [-0.4, -0.2) is 40.8 Å². The molecule has 0 aromatic carbocycles. The molecule has 0 saturated carbocycles. The second kappa shape index (κ2) is 7.46. The number of aliphatic hydroxyl groups excluding tert-OH is 1. The summed E-state index contributed by atoms with van der Waals surface area (Å²) in [6.07, 6.45) is 1.47. The first-order chi connectivity index (χ1) is 11.6. The number of aryl methyl sites for hydroxylation is 2. The largest absolute Gasteiger partial charge is 0.396 e. The Morgan fingerprint density at radius 2 is 2.33 bits per heavy atom. The molecule has 1 aliphatic rings. The zero-order valence-electron chi connectivity index (χ0n) is 14.1. The van der Waals surface area contributed by atoms with E-state index < -0.39 is 0 Å². The molecule has 0 fully saturated rings. The summed E-state index contributed by atoms with van der Waals surface area (Å²) in [7, 11) is 0. The molecule has 0 spiro atoms. The van der Waals surface area contributed by atoms with Crippen molar-refractivity contribution in [3.63, 3.8) is 0 Å². The average Bonchev–Trinajstić information content (AvgIpc) is 3.13. The molecule has 0 atom stereocenters. The molecule has 0 unspecified atom stereocenters. The molecule has 2 aromatic heterocycles. The number of carbonyl (C=O) groups is 1. The lowest BCUT2D eigenvalue weighted by molar-refractivity contribution is 0.0950. The third-order valence-electron chi connectivity index (χ3n) is 4.45. The normalized spacial score (nSPS) is 14.6. The predicted octanol–water partition coefficient (Wildman–Crippen LogP) is 2.02. The second-order valence-corrected chi connectivity index (χ2v) is 7.11. The Hall–Kier alpha value is -1.70. The van der Waals surface area contributed by atoms with Gasteiger partial charge in [-0.1, -0.05) is 5.16 Å². The number of aliphatic hydroxyl groups is 1. The third kappa shape index (κ3) is 3.53. The van der Waals surface area contributed by atoms with Crippen molar-refractivity contribution in [1.82, 2.24) is 15.4 Å². The number of hydrogen-bond acceptors (Lipinski definition) is 6. The maximum absolute atomic E-state index is 12.3. The number of carbonyl (C=O) groups excluding carboxylic acids is 1. The zero-order valence-corrected chi connectivity index (χ0v) is 14.9. The standard InChI is InChI=1S/C17H23N3O3S/c1-11-14(12(2)23-19-11)8-20-6-4-13-15(10-24-16(13)9-20)17(22)18-5-3-7-21/h10,21H,3-9H2,1-2H3,(H,18,22). The van der Waals surface area contributed by atoms with Crippen LogP contribution in [0.25, 0.3) is 0 Å². The van der Waals surface area contributed by atoms with Gasteiger partial charge in [0.2, 0.25) is 0 Å². The molecular formula is C17H23N3O3S. The maximum Gasteiger partial charge on any atom is 0.252 e. The van der Waals surface area contributed by atoms with Crippen LogP contribution in [-0.2, 0) is 19.5 Å². The van der Waals surface area contributed by atoms with Crippen molar-refractivity contribution in [3.05, 3.63) is 38.4 Å². The van der Waals surface area contributed by atoms with E-state index >= 15 is 0 Å². The molecule has 2 N–H and O–H groups in total. The molecule has 2 aromatic rings. The summed E-state index contributed by atoms with van der Waals surface area (Å²) in [4.78, 5) is 15.9. The summed E-state index contributed by atoms with van der Waals surface area (Å²) < 4.78 is 5.24. The number of nitrogens with one attached hydrogen (secondary N) is 1. The van der Waals surface area contributed by atoms with Crippen LogP contribution < -0.4 is 5.32 Å². The molecule has 130 valence electrons. The van der Waals surface area contributed by atoms with E-state index in [1.807, 2.05) is 19.2 Å². The van der Waals surface area contributed by atoms with Gasteiger partial charge in [0, 0.05) is 48.6 Å². The van der Waals surface area contributed by atoms with Gasteiger partial charge >= 0.3 is 0 Å². The Morgan fingerprint density at radius 3 is 3.04 bits per heavy atom. The fourth-order valence-electron chi connectivity index (χ4n) is 3.03. The van der Waals surface area contributed by atoms with E-state index in [1.165, 1.54) is 10.4 Å². The smallest absolute Gasteiger partial charge is 0.252 e. The monoisotopic (exact) mass is 349 g/mol. The van der Waals surface area contributed by atoms with E-state index in [1.54, 1.807) is 11.3 Å². The summed E-state index contributed by atoms with van der Waals surface area (Å²) in [5.41, 5.74) is 4.09. The first-order valence-corrected chi connectivity index (χ1v) is 9.10. The minimum absolute atomic E-state index is 0.0277. The van der Waals surface area contributed by atoms with E-state index in [2.05, 4.69) is 15.4 Å². The molecular weight excluding hydrogens is 326 g/mol. The van der Waals surface area contributed by atoms with Crippen LogP contribution in [0.1, 0.15) is 44.2 Å². The van der Waals surface area contributed by atoms with Gasteiger partial charge in [0.1, 0.15) is 5.76 Å². The van der Waals surface area contributed by atoms with Gasteiger partial charge in [0.25, 0.3) is 5.91 Å². The van der Waals surface area contributed by atoms with Gasteiger partial charge in [-0.25, -0.2) is 0 Å². The minimum atomic E-state index is -0.0277. The Balaban J connectivity index is 1.66. The van der Waals surface area contributed by atoms with Gasteiger partial charge in [0.15, 0.2) is 0 Å². The van der Waals surface area contributed by atoms with Crippen molar-refractivity contribution in [1.29, 1.82) is 0 Å². The Labute approximate surface area is 145 Å². The SMILES string of the molecule is Cc1noc(C)c1CN1CCc2c(C(=O)NCCCO)csc2C1. The highest BCUT2D eigenvalue weighted by atomic mass is 32.1. The van der Waals surface area contributed by atoms with Crippen LogP contribution in [0.5, 0.6) is 0 Å². The highest BCUT2D eigenvalue weighted by Crippen LogP contribution is 2.30. The Bertz CT molecular complexity index is 703. The number of thiophene rings is 1. The maximum atomic E-state index is 12.3. The number of hydrogen-bond donors (Lipinski definition) is 2. The minimum Gasteiger partial charge on any atom is -0.396 e. The van der Waals surface area contributed by atoms with Crippen molar-refractivity contribution >= 4 is 17.2 Å². The molecule has 7 heteroatoms. The van der Waals surface area contributed by atoms with Crippen LogP contribution >= 0.6 is 11.3 Å². The molecule has 3 heterocycles. The zero-order chi connectivity index (χ0) is 17.1. The molecule has 1 amide bonds. The molecule has 0 radical (unpaired) electrons. The highest BCUT2D eigenvalue weighted by Gasteiger charge is 2.25. The molecule has 3 rings (SSSR count). The van der Waals surface area contributed by atoms with E-state index in [9.17, 15) is 4.79 Å². The van der Waals surface area contributed by atoms with Crippen molar-refractivity contribution in [3.8, 4) is 0 Å². The van der Waals surface area contributed by atoms with Crippen LogP contribution in [0, 0.1) is 13.8 Å².